The summed E-state index contributed by atoms with van der Waals surface area (Å²) in [6, 6.07) is 10.6. The van der Waals surface area contributed by atoms with Crippen molar-refractivity contribution in [3.8, 4) is 5.75 Å². The summed E-state index contributed by atoms with van der Waals surface area (Å²) in [6.07, 6.45) is 2.34. The molecule has 2 amide bonds. The van der Waals surface area contributed by atoms with Crippen LogP contribution >= 0.6 is 0 Å². The van der Waals surface area contributed by atoms with E-state index in [2.05, 4.69) is 17.3 Å². The van der Waals surface area contributed by atoms with Gasteiger partial charge in [0.15, 0.2) is 0 Å². The molecule has 1 atom stereocenters. The number of carbonyl (C=O) groups excluding carboxylic acids is 2. The molecule has 0 aromatic heterocycles. The first-order chi connectivity index (χ1) is 13.0. The molecule has 1 unspecified atom stereocenters. The van der Waals surface area contributed by atoms with Gasteiger partial charge in [-0.25, -0.2) is 0 Å². The lowest BCUT2D eigenvalue weighted by Crippen LogP contribution is -2.45. The fraction of sp³-hybridized carbons (Fsp3) is 0.429. The van der Waals surface area contributed by atoms with Gasteiger partial charge in [0.1, 0.15) is 5.75 Å². The minimum atomic E-state index is -0.200. The van der Waals surface area contributed by atoms with Crippen LogP contribution in [0.1, 0.15) is 29.6 Å². The van der Waals surface area contributed by atoms with Gasteiger partial charge in [0.2, 0.25) is 5.91 Å². The van der Waals surface area contributed by atoms with Gasteiger partial charge in [-0.05, 0) is 50.5 Å². The molecule has 2 aliphatic heterocycles. The Labute approximate surface area is 158 Å². The lowest BCUT2D eigenvalue weighted by molar-refractivity contribution is -0.130. The number of likely N-dealkylation sites (tertiary alicyclic amines) is 2. The van der Waals surface area contributed by atoms with E-state index >= 15 is 0 Å². The molecule has 2 N–H and O–H groups in total. The van der Waals surface area contributed by atoms with Gasteiger partial charge in [0.05, 0.1) is 6.04 Å². The van der Waals surface area contributed by atoms with Crippen molar-refractivity contribution >= 4 is 22.6 Å². The van der Waals surface area contributed by atoms with Crippen molar-refractivity contribution in [1.82, 2.24) is 15.1 Å². The Hall–Kier alpha value is -2.60. The van der Waals surface area contributed by atoms with Gasteiger partial charge in [-0.2, -0.15) is 0 Å². The second-order valence-corrected chi connectivity index (χ2v) is 7.63. The summed E-state index contributed by atoms with van der Waals surface area (Å²) in [4.78, 5) is 29.5. The van der Waals surface area contributed by atoms with Gasteiger partial charge < -0.3 is 20.2 Å². The number of amides is 2. The van der Waals surface area contributed by atoms with Crippen molar-refractivity contribution in [2.75, 3.05) is 26.7 Å². The van der Waals surface area contributed by atoms with Crippen LogP contribution in [0.4, 0.5) is 0 Å². The molecule has 0 aliphatic carbocycles. The number of rotatable bonds is 3. The largest absolute Gasteiger partial charge is 0.507 e. The zero-order valence-corrected chi connectivity index (χ0v) is 15.5. The van der Waals surface area contributed by atoms with Gasteiger partial charge in [-0.15, -0.1) is 0 Å². The summed E-state index contributed by atoms with van der Waals surface area (Å²) < 4.78 is 0. The summed E-state index contributed by atoms with van der Waals surface area (Å²) in [7, 11) is 2.10. The number of piperidine rings is 1. The summed E-state index contributed by atoms with van der Waals surface area (Å²) in [5.74, 6) is 0.0891. The highest BCUT2D eigenvalue weighted by Crippen LogP contribution is 2.28. The molecular weight excluding hydrogens is 342 g/mol. The molecule has 142 valence electrons. The number of hydrogen-bond acceptors (Lipinski definition) is 4. The van der Waals surface area contributed by atoms with E-state index < -0.39 is 0 Å². The van der Waals surface area contributed by atoms with Gasteiger partial charge in [0.25, 0.3) is 5.91 Å². The first-order valence-electron chi connectivity index (χ1n) is 9.52. The fourth-order valence-electron chi connectivity index (χ4n) is 4.23. The number of benzene rings is 2. The van der Waals surface area contributed by atoms with Crippen LogP contribution in [0.2, 0.25) is 0 Å². The number of nitrogens with zero attached hydrogens (tertiary/aromatic N) is 2. The van der Waals surface area contributed by atoms with E-state index in [1.54, 1.807) is 18.2 Å². The number of phenols is 1. The molecule has 2 saturated heterocycles. The van der Waals surface area contributed by atoms with Crippen molar-refractivity contribution in [1.29, 1.82) is 0 Å². The summed E-state index contributed by atoms with van der Waals surface area (Å²) in [5.41, 5.74) is 0.522. The Morgan fingerprint density at radius 2 is 1.81 bits per heavy atom. The smallest absolute Gasteiger partial charge is 0.252 e. The Morgan fingerprint density at radius 1 is 1.11 bits per heavy atom. The van der Waals surface area contributed by atoms with Crippen molar-refractivity contribution in [2.24, 2.45) is 0 Å². The second-order valence-electron chi connectivity index (χ2n) is 7.63. The molecule has 2 heterocycles. The molecule has 0 radical (unpaired) electrons. The van der Waals surface area contributed by atoms with Gasteiger partial charge in [-0.1, -0.05) is 24.3 Å². The lowest BCUT2D eigenvalue weighted by Gasteiger charge is -2.35. The van der Waals surface area contributed by atoms with Crippen molar-refractivity contribution in [2.45, 2.75) is 31.3 Å². The maximum atomic E-state index is 12.8. The van der Waals surface area contributed by atoms with Crippen LogP contribution in [0.25, 0.3) is 10.8 Å². The van der Waals surface area contributed by atoms with Crippen LogP contribution in [-0.4, -0.2) is 65.5 Å². The SMILES string of the molecule is CN1CCC(N2CC(NC(=O)c3ccc(O)c4ccccc34)CC2=O)CC1. The minimum Gasteiger partial charge on any atom is -0.507 e. The van der Waals surface area contributed by atoms with Gasteiger partial charge >= 0.3 is 0 Å². The quantitative estimate of drug-likeness (QED) is 0.870. The molecule has 4 rings (SSSR count). The molecule has 0 bridgehead atoms. The molecule has 2 aliphatic rings. The van der Waals surface area contributed by atoms with Crippen LogP contribution in [0.15, 0.2) is 36.4 Å². The first-order valence-corrected chi connectivity index (χ1v) is 9.52. The summed E-state index contributed by atoms with van der Waals surface area (Å²) >= 11 is 0. The average Bonchev–Trinajstić information content (AvgIpc) is 3.03. The number of phenolic OH excluding ortho intramolecular Hbond substituents is 1. The fourth-order valence-corrected chi connectivity index (χ4v) is 4.23. The highest BCUT2D eigenvalue weighted by Gasteiger charge is 2.36. The third kappa shape index (κ3) is 3.49. The molecule has 2 aromatic carbocycles. The van der Waals surface area contributed by atoms with Crippen molar-refractivity contribution < 1.29 is 14.7 Å². The maximum absolute atomic E-state index is 12.8. The normalized spacial score (nSPS) is 21.7. The highest BCUT2D eigenvalue weighted by molar-refractivity contribution is 6.08. The highest BCUT2D eigenvalue weighted by atomic mass is 16.3. The molecule has 2 aromatic rings. The van der Waals surface area contributed by atoms with E-state index in [4.69, 9.17) is 0 Å². The Bertz CT molecular complexity index is 874. The number of fused-ring (bicyclic) bond motifs is 1. The Balaban J connectivity index is 1.46. The van der Waals surface area contributed by atoms with E-state index in [9.17, 15) is 14.7 Å². The zero-order chi connectivity index (χ0) is 19.0. The topological polar surface area (TPSA) is 72.9 Å². The first kappa shape index (κ1) is 17.8. The summed E-state index contributed by atoms with van der Waals surface area (Å²) in [6.45, 7) is 2.59. The number of nitrogens with one attached hydrogen (secondary N) is 1. The number of aromatic hydroxyl groups is 1. The van der Waals surface area contributed by atoms with E-state index in [1.165, 1.54) is 0 Å². The average molecular weight is 367 g/mol. The minimum absolute atomic E-state index is 0.130. The molecule has 27 heavy (non-hydrogen) atoms. The molecule has 0 spiro atoms. The Kier molecular flexibility index (Phi) is 4.74. The number of carbonyl (C=O) groups is 2. The van der Waals surface area contributed by atoms with E-state index in [-0.39, 0.29) is 29.6 Å². The van der Waals surface area contributed by atoms with Gasteiger partial charge in [0, 0.05) is 30.0 Å². The molecule has 6 nitrogen and oxygen atoms in total. The second kappa shape index (κ2) is 7.19. The van der Waals surface area contributed by atoms with E-state index in [0.717, 1.165) is 25.9 Å². The molecule has 2 fully saturated rings. The predicted molar refractivity (Wildman–Crippen MR) is 104 cm³/mol. The zero-order valence-electron chi connectivity index (χ0n) is 15.5. The summed E-state index contributed by atoms with van der Waals surface area (Å²) in [5, 5.41) is 14.4. The van der Waals surface area contributed by atoms with E-state index in [1.807, 2.05) is 23.1 Å². The standard InChI is InChI=1S/C21H25N3O3/c1-23-10-8-15(9-11-23)24-13-14(12-20(24)26)22-21(27)18-6-7-19(25)17-5-3-2-4-16(17)18/h2-7,14-15,25H,8-13H2,1H3,(H,22,27). The molecular formula is C21H25N3O3. The molecule has 0 saturated carbocycles. The van der Waals surface area contributed by atoms with Crippen LogP contribution in [0, 0.1) is 0 Å². The third-order valence-corrected chi connectivity index (χ3v) is 5.77. The van der Waals surface area contributed by atoms with Crippen LogP contribution in [0.3, 0.4) is 0 Å². The van der Waals surface area contributed by atoms with Crippen LogP contribution < -0.4 is 5.32 Å². The molecule has 6 heteroatoms. The van der Waals surface area contributed by atoms with E-state index in [0.29, 0.717) is 29.3 Å². The number of hydrogen-bond donors (Lipinski definition) is 2. The third-order valence-electron chi connectivity index (χ3n) is 5.77. The van der Waals surface area contributed by atoms with Crippen LogP contribution in [-0.2, 0) is 4.79 Å². The van der Waals surface area contributed by atoms with Crippen molar-refractivity contribution in [3.05, 3.63) is 42.0 Å². The monoisotopic (exact) mass is 367 g/mol. The van der Waals surface area contributed by atoms with Gasteiger partial charge in [-0.3, -0.25) is 9.59 Å². The van der Waals surface area contributed by atoms with Crippen LogP contribution in [0.5, 0.6) is 5.75 Å². The maximum Gasteiger partial charge on any atom is 0.252 e. The van der Waals surface area contributed by atoms with Crippen molar-refractivity contribution in [3.63, 3.8) is 0 Å². The Morgan fingerprint density at radius 3 is 2.56 bits per heavy atom. The lowest BCUT2D eigenvalue weighted by atomic mass is 10.0. The predicted octanol–water partition coefficient (Wildman–Crippen LogP) is 1.97.